The molecule has 0 fully saturated rings. The second-order valence-electron chi connectivity index (χ2n) is 4.18. The topological polar surface area (TPSA) is 66.1 Å². The van der Waals surface area contributed by atoms with E-state index in [0.717, 1.165) is 11.1 Å². The maximum absolute atomic E-state index is 12.3. The smallest absolute Gasteiger partial charge is 0.268 e. The van der Waals surface area contributed by atoms with Crippen molar-refractivity contribution in [3.63, 3.8) is 0 Å². The number of hydrogen-bond acceptors (Lipinski definition) is 3. The van der Waals surface area contributed by atoms with Gasteiger partial charge < -0.3 is 0 Å². The summed E-state index contributed by atoms with van der Waals surface area (Å²) in [4.78, 5) is 0. The van der Waals surface area contributed by atoms with Crippen molar-refractivity contribution in [2.24, 2.45) is 0 Å². The Kier molecular flexibility index (Phi) is 3.13. The van der Waals surface area contributed by atoms with Gasteiger partial charge in [0.2, 0.25) is 0 Å². The van der Waals surface area contributed by atoms with E-state index < -0.39 is 10.0 Å². The first-order valence-electron chi connectivity index (χ1n) is 5.48. The molecule has 0 saturated carbocycles. The summed E-state index contributed by atoms with van der Waals surface area (Å²) < 4.78 is 25.8. The van der Waals surface area contributed by atoms with Gasteiger partial charge in [0, 0.05) is 7.05 Å². The second-order valence-corrected chi connectivity index (χ2v) is 6.12. The quantitative estimate of drug-likeness (QED) is 0.921. The Balaban J connectivity index is 2.46. The van der Waals surface area contributed by atoms with E-state index in [1.54, 1.807) is 6.07 Å². The average molecular weight is 265 g/mol. The Morgan fingerprint density at radius 1 is 1.22 bits per heavy atom. The van der Waals surface area contributed by atoms with Crippen LogP contribution in [0.2, 0.25) is 0 Å². The van der Waals surface area contributed by atoms with E-state index in [0.29, 0.717) is 5.69 Å². The van der Waals surface area contributed by atoms with Gasteiger partial charge in [-0.2, -0.15) is 13.5 Å². The molecule has 0 spiro atoms. The zero-order valence-electron chi connectivity index (χ0n) is 10.5. The fourth-order valence-corrected chi connectivity index (χ4v) is 2.98. The summed E-state index contributed by atoms with van der Waals surface area (Å²) in [7, 11) is -2.03. The highest BCUT2D eigenvalue weighted by Gasteiger charge is 2.23. The molecule has 0 radical (unpaired) electrons. The SMILES string of the molecule is Cc1ccc(N(C)S(=O)(=O)c2ccn[nH]2)c(C)c1. The maximum atomic E-state index is 12.3. The molecular weight excluding hydrogens is 250 g/mol. The first-order chi connectivity index (χ1) is 8.43. The van der Waals surface area contributed by atoms with E-state index in [-0.39, 0.29) is 5.03 Å². The minimum absolute atomic E-state index is 0.0879. The highest BCUT2D eigenvalue weighted by molar-refractivity contribution is 7.92. The maximum Gasteiger partial charge on any atom is 0.281 e. The molecule has 5 nitrogen and oxygen atoms in total. The third kappa shape index (κ3) is 2.11. The molecule has 6 heteroatoms. The van der Waals surface area contributed by atoms with Crippen LogP contribution in [-0.4, -0.2) is 25.7 Å². The number of H-pyrrole nitrogens is 1. The average Bonchev–Trinajstić information content (AvgIpc) is 2.82. The molecule has 0 amide bonds. The molecule has 0 aliphatic heterocycles. The van der Waals surface area contributed by atoms with E-state index >= 15 is 0 Å². The molecule has 96 valence electrons. The Hall–Kier alpha value is -1.82. The van der Waals surface area contributed by atoms with Gasteiger partial charge >= 0.3 is 0 Å². The lowest BCUT2D eigenvalue weighted by molar-refractivity contribution is 0.590. The van der Waals surface area contributed by atoms with Crippen molar-refractivity contribution in [3.8, 4) is 0 Å². The Morgan fingerprint density at radius 3 is 2.50 bits per heavy atom. The molecule has 0 aliphatic rings. The van der Waals surface area contributed by atoms with Gasteiger partial charge in [0.25, 0.3) is 10.0 Å². The van der Waals surface area contributed by atoms with E-state index in [4.69, 9.17) is 0 Å². The monoisotopic (exact) mass is 265 g/mol. The van der Waals surface area contributed by atoms with Crippen LogP contribution in [0.4, 0.5) is 5.69 Å². The lowest BCUT2D eigenvalue weighted by atomic mass is 10.1. The van der Waals surface area contributed by atoms with Gasteiger partial charge in [0.1, 0.15) is 0 Å². The fourth-order valence-electron chi connectivity index (χ4n) is 1.82. The number of anilines is 1. The molecule has 2 aromatic rings. The van der Waals surface area contributed by atoms with Gasteiger partial charge in [-0.05, 0) is 31.5 Å². The number of nitrogens with zero attached hydrogens (tertiary/aromatic N) is 2. The molecule has 0 saturated heterocycles. The first kappa shape index (κ1) is 12.6. The van der Waals surface area contributed by atoms with E-state index in [9.17, 15) is 8.42 Å². The molecule has 1 heterocycles. The predicted octanol–water partition coefficient (Wildman–Crippen LogP) is 1.85. The van der Waals surface area contributed by atoms with Crippen molar-refractivity contribution in [1.82, 2.24) is 10.2 Å². The molecule has 1 aromatic carbocycles. The zero-order valence-corrected chi connectivity index (χ0v) is 11.3. The van der Waals surface area contributed by atoms with Crippen LogP contribution in [0.25, 0.3) is 0 Å². The number of rotatable bonds is 3. The van der Waals surface area contributed by atoms with Crippen molar-refractivity contribution < 1.29 is 8.42 Å². The van der Waals surface area contributed by atoms with Gasteiger partial charge in [-0.15, -0.1) is 0 Å². The van der Waals surface area contributed by atoms with Crippen LogP contribution >= 0.6 is 0 Å². The molecule has 0 aliphatic carbocycles. The second kappa shape index (κ2) is 4.45. The van der Waals surface area contributed by atoms with Crippen LogP contribution in [0.5, 0.6) is 0 Å². The first-order valence-corrected chi connectivity index (χ1v) is 6.92. The molecule has 2 rings (SSSR count). The summed E-state index contributed by atoms with van der Waals surface area (Å²) >= 11 is 0. The van der Waals surface area contributed by atoms with Gasteiger partial charge in [-0.3, -0.25) is 9.40 Å². The van der Waals surface area contributed by atoms with Crippen LogP contribution in [-0.2, 0) is 10.0 Å². The van der Waals surface area contributed by atoms with Crippen LogP contribution in [0.3, 0.4) is 0 Å². The van der Waals surface area contributed by atoms with E-state index in [1.165, 1.54) is 23.6 Å². The highest BCUT2D eigenvalue weighted by atomic mass is 32.2. The third-order valence-corrected chi connectivity index (χ3v) is 4.51. The number of aromatic nitrogens is 2. The highest BCUT2D eigenvalue weighted by Crippen LogP contribution is 2.24. The third-order valence-electron chi connectivity index (χ3n) is 2.81. The summed E-state index contributed by atoms with van der Waals surface area (Å²) in [5.41, 5.74) is 2.68. The minimum atomic E-state index is -3.57. The number of benzene rings is 1. The predicted molar refractivity (Wildman–Crippen MR) is 70.1 cm³/mol. The van der Waals surface area contributed by atoms with E-state index in [1.807, 2.05) is 26.0 Å². The van der Waals surface area contributed by atoms with Crippen LogP contribution in [0.15, 0.2) is 35.5 Å². The Morgan fingerprint density at radius 2 is 1.94 bits per heavy atom. The number of nitrogens with one attached hydrogen (secondary N) is 1. The van der Waals surface area contributed by atoms with Crippen LogP contribution in [0.1, 0.15) is 11.1 Å². The summed E-state index contributed by atoms with van der Waals surface area (Å²) in [6.45, 7) is 3.86. The van der Waals surface area contributed by atoms with Gasteiger partial charge in [0.05, 0.1) is 11.9 Å². The summed E-state index contributed by atoms with van der Waals surface area (Å²) in [6, 6.07) is 7.09. The van der Waals surface area contributed by atoms with E-state index in [2.05, 4.69) is 10.2 Å². The molecule has 18 heavy (non-hydrogen) atoms. The molecule has 0 atom stereocenters. The van der Waals surface area contributed by atoms with Crippen molar-refractivity contribution >= 4 is 15.7 Å². The fraction of sp³-hybridized carbons (Fsp3) is 0.250. The van der Waals surface area contributed by atoms with Gasteiger partial charge in [-0.25, -0.2) is 0 Å². The standard InChI is InChI=1S/C12H15N3O2S/c1-9-4-5-11(10(2)8-9)15(3)18(16,17)12-6-7-13-14-12/h4-8H,1-3H3,(H,13,14). The molecule has 1 aromatic heterocycles. The van der Waals surface area contributed by atoms with Crippen molar-refractivity contribution in [3.05, 3.63) is 41.6 Å². The molecule has 0 unspecified atom stereocenters. The Bertz CT molecular complexity index is 648. The molecule has 1 N–H and O–H groups in total. The van der Waals surface area contributed by atoms with Crippen LogP contribution < -0.4 is 4.31 Å². The number of sulfonamides is 1. The lowest BCUT2D eigenvalue weighted by Crippen LogP contribution is -2.27. The van der Waals surface area contributed by atoms with Crippen molar-refractivity contribution in [1.29, 1.82) is 0 Å². The summed E-state index contributed by atoms with van der Waals surface area (Å²) in [5, 5.41) is 6.24. The summed E-state index contributed by atoms with van der Waals surface area (Å²) in [6.07, 6.45) is 1.42. The minimum Gasteiger partial charge on any atom is -0.268 e. The number of aromatic amines is 1. The molecule has 0 bridgehead atoms. The van der Waals surface area contributed by atoms with Gasteiger partial charge in [-0.1, -0.05) is 17.7 Å². The van der Waals surface area contributed by atoms with Crippen LogP contribution in [0, 0.1) is 13.8 Å². The number of aryl methyl sites for hydroxylation is 2. The van der Waals surface area contributed by atoms with Gasteiger partial charge in [0.15, 0.2) is 5.03 Å². The Labute approximate surface area is 107 Å². The normalized spacial score (nSPS) is 11.5. The van der Waals surface area contributed by atoms with Crippen molar-refractivity contribution in [2.45, 2.75) is 18.9 Å². The number of hydrogen-bond donors (Lipinski definition) is 1. The lowest BCUT2D eigenvalue weighted by Gasteiger charge is -2.20. The largest absolute Gasteiger partial charge is 0.281 e. The summed E-state index contributed by atoms with van der Waals surface area (Å²) in [5.74, 6) is 0. The zero-order chi connectivity index (χ0) is 13.3. The van der Waals surface area contributed by atoms with Crippen molar-refractivity contribution in [2.75, 3.05) is 11.4 Å². The molecular formula is C12H15N3O2S.